The molecule has 1 atom stereocenters. The molecule has 4 rings (SSSR count). The molecular weight excluding hydrogens is 541 g/mol. The minimum Gasteiger partial charge on any atom is -0.444 e. The Morgan fingerprint density at radius 3 is 2.29 bits per heavy atom. The highest BCUT2D eigenvalue weighted by atomic mass is 28.3. The van der Waals surface area contributed by atoms with Gasteiger partial charge in [0.2, 0.25) is 11.9 Å². The molecule has 0 saturated heterocycles. The molecule has 0 radical (unpaired) electrons. The monoisotopic (exact) mass is 587 g/mol. The first kappa shape index (κ1) is 31.1. The molecule has 0 unspecified atom stereocenters. The molecule has 2 N–H and O–H groups in total. The zero-order valence-corrected chi connectivity index (χ0v) is 26.8. The standard InChI is InChI=1S/C30H46FN5O4Si/c1-18-24(19(2)36(35-18)17-39-15-16-41(6,7)8)22-13-14-23(32-27(22)31)33-28(37)26(34-29(38)40-30(3,4)5)25(20-9-10-20)21-11-12-21/h13-14,20-21,25-26H,9-12,15-17H2,1-8H3,(H,34,38)(H,32,33,37)/t26-/m0/s1. The van der Waals surface area contributed by atoms with Crippen LogP contribution in [0, 0.1) is 37.5 Å². The molecule has 2 aromatic heterocycles. The highest BCUT2D eigenvalue weighted by Crippen LogP contribution is 2.51. The lowest BCUT2D eigenvalue weighted by molar-refractivity contribution is -0.120. The molecule has 0 spiro atoms. The Morgan fingerprint density at radius 1 is 1.12 bits per heavy atom. The van der Waals surface area contributed by atoms with Gasteiger partial charge >= 0.3 is 6.09 Å². The van der Waals surface area contributed by atoms with Gasteiger partial charge in [-0.05, 0) is 96.2 Å². The summed E-state index contributed by atoms with van der Waals surface area (Å²) >= 11 is 0. The summed E-state index contributed by atoms with van der Waals surface area (Å²) in [5, 5.41) is 10.1. The Labute approximate surface area is 244 Å². The van der Waals surface area contributed by atoms with Crippen LogP contribution in [-0.4, -0.2) is 53.1 Å². The fraction of sp³-hybridized carbons (Fsp3) is 0.667. The van der Waals surface area contributed by atoms with E-state index in [2.05, 4.69) is 40.4 Å². The molecule has 2 saturated carbocycles. The Hall–Kier alpha value is -2.79. The summed E-state index contributed by atoms with van der Waals surface area (Å²) in [6, 6.07) is 3.48. The topological polar surface area (TPSA) is 107 Å². The average molecular weight is 588 g/mol. The van der Waals surface area contributed by atoms with Gasteiger partial charge in [-0.1, -0.05) is 19.6 Å². The molecule has 0 aliphatic heterocycles. The van der Waals surface area contributed by atoms with Gasteiger partial charge in [0.05, 0.1) is 5.69 Å². The molecule has 0 bridgehead atoms. The van der Waals surface area contributed by atoms with E-state index in [1.807, 2.05) is 13.8 Å². The van der Waals surface area contributed by atoms with Crippen LogP contribution in [0.5, 0.6) is 0 Å². The fourth-order valence-electron chi connectivity index (χ4n) is 5.30. The molecule has 0 aromatic carbocycles. The molecule has 11 heteroatoms. The van der Waals surface area contributed by atoms with E-state index in [0.29, 0.717) is 42.0 Å². The molecule has 2 aliphatic rings. The van der Waals surface area contributed by atoms with Crippen LogP contribution in [0.2, 0.25) is 25.7 Å². The molecule has 2 aromatic rings. The fourth-order valence-corrected chi connectivity index (χ4v) is 6.06. The number of halogens is 1. The number of ether oxygens (including phenoxy) is 2. The summed E-state index contributed by atoms with van der Waals surface area (Å²) in [4.78, 5) is 30.3. The summed E-state index contributed by atoms with van der Waals surface area (Å²) in [6.07, 6.45) is 3.53. The Morgan fingerprint density at radius 2 is 1.76 bits per heavy atom. The third-order valence-electron chi connectivity index (χ3n) is 7.63. The predicted molar refractivity (Wildman–Crippen MR) is 160 cm³/mol. The maximum Gasteiger partial charge on any atom is 0.408 e. The zero-order valence-electron chi connectivity index (χ0n) is 25.8. The summed E-state index contributed by atoms with van der Waals surface area (Å²) in [6.45, 7) is 16.9. The number of pyridine rings is 1. The van der Waals surface area contributed by atoms with Crippen molar-refractivity contribution < 1.29 is 23.5 Å². The van der Waals surface area contributed by atoms with E-state index >= 15 is 4.39 Å². The number of nitrogens with one attached hydrogen (secondary N) is 2. The molecule has 2 amide bonds. The van der Waals surface area contributed by atoms with Crippen molar-refractivity contribution in [2.24, 2.45) is 17.8 Å². The highest BCUT2D eigenvalue weighted by molar-refractivity contribution is 6.76. The van der Waals surface area contributed by atoms with Crippen LogP contribution < -0.4 is 10.6 Å². The van der Waals surface area contributed by atoms with Crippen molar-refractivity contribution in [2.75, 3.05) is 11.9 Å². The van der Waals surface area contributed by atoms with Gasteiger partial charge in [0.1, 0.15) is 24.2 Å². The lowest BCUT2D eigenvalue weighted by Crippen LogP contribution is -2.51. The zero-order chi connectivity index (χ0) is 30.1. The molecular formula is C30H46FN5O4Si. The van der Waals surface area contributed by atoms with E-state index in [0.717, 1.165) is 37.4 Å². The number of aryl methyl sites for hydroxylation is 1. The number of amides is 2. The maximum absolute atomic E-state index is 15.4. The van der Waals surface area contributed by atoms with E-state index in [-0.39, 0.29) is 11.7 Å². The van der Waals surface area contributed by atoms with Crippen LogP contribution in [0.3, 0.4) is 0 Å². The van der Waals surface area contributed by atoms with Crippen molar-refractivity contribution in [1.82, 2.24) is 20.1 Å². The number of aromatic nitrogens is 3. The number of hydrogen-bond donors (Lipinski definition) is 2. The molecule has 2 fully saturated rings. The number of rotatable bonds is 12. The molecule has 41 heavy (non-hydrogen) atoms. The smallest absolute Gasteiger partial charge is 0.408 e. The van der Waals surface area contributed by atoms with Crippen molar-refractivity contribution in [2.45, 2.75) is 104 Å². The normalized spacial score (nSPS) is 16.5. The Balaban J connectivity index is 1.48. The third-order valence-corrected chi connectivity index (χ3v) is 9.34. The van der Waals surface area contributed by atoms with Crippen LogP contribution in [0.25, 0.3) is 11.1 Å². The third kappa shape index (κ3) is 8.61. The van der Waals surface area contributed by atoms with Gasteiger partial charge in [0.15, 0.2) is 0 Å². The number of anilines is 1. The largest absolute Gasteiger partial charge is 0.444 e. The average Bonchev–Trinajstić information content (AvgIpc) is 3.76. The summed E-state index contributed by atoms with van der Waals surface area (Å²) < 4.78 is 28.5. The van der Waals surface area contributed by atoms with Gasteiger partial charge in [-0.25, -0.2) is 14.5 Å². The van der Waals surface area contributed by atoms with Gasteiger partial charge in [-0.3, -0.25) is 4.79 Å². The van der Waals surface area contributed by atoms with Crippen molar-refractivity contribution >= 4 is 25.9 Å². The summed E-state index contributed by atoms with van der Waals surface area (Å²) in [7, 11) is -1.20. The van der Waals surface area contributed by atoms with Crippen molar-refractivity contribution in [3.05, 3.63) is 29.5 Å². The van der Waals surface area contributed by atoms with Crippen molar-refractivity contribution in [1.29, 1.82) is 0 Å². The number of carbonyl (C=O) groups is 2. The van der Waals surface area contributed by atoms with Crippen LogP contribution in [0.15, 0.2) is 12.1 Å². The van der Waals surface area contributed by atoms with Crippen LogP contribution in [-0.2, 0) is 21.0 Å². The number of nitrogens with zero attached hydrogens (tertiary/aromatic N) is 3. The van der Waals surface area contributed by atoms with Gasteiger partial charge in [-0.2, -0.15) is 9.49 Å². The summed E-state index contributed by atoms with van der Waals surface area (Å²) in [5.41, 5.74) is 1.74. The van der Waals surface area contributed by atoms with E-state index < -0.39 is 37.7 Å². The number of carbonyl (C=O) groups excluding carboxylic acids is 2. The van der Waals surface area contributed by atoms with Crippen LogP contribution in [0.4, 0.5) is 15.0 Å². The summed E-state index contributed by atoms with van der Waals surface area (Å²) in [5.74, 6) is -0.212. The van der Waals surface area contributed by atoms with E-state index in [1.165, 1.54) is 0 Å². The van der Waals surface area contributed by atoms with Gasteiger partial charge in [0, 0.05) is 31.5 Å². The van der Waals surface area contributed by atoms with Crippen molar-refractivity contribution in [3.8, 4) is 11.1 Å². The van der Waals surface area contributed by atoms with E-state index in [4.69, 9.17) is 9.47 Å². The second-order valence-electron chi connectivity index (χ2n) is 13.8. The highest BCUT2D eigenvalue weighted by Gasteiger charge is 2.48. The van der Waals surface area contributed by atoms with Crippen LogP contribution >= 0.6 is 0 Å². The Kier molecular flexibility index (Phi) is 9.28. The SMILES string of the molecule is Cc1nn(COCC[Si](C)(C)C)c(C)c1-c1ccc(NC(=O)[C@@H](NC(=O)OC(C)(C)C)C(C2CC2)C2CC2)nc1F. The minimum absolute atomic E-state index is 0.0238. The van der Waals surface area contributed by atoms with E-state index in [9.17, 15) is 9.59 Å². The first-order valence-electron chi connectivity index (χ1n) is 14.7. The lowest BCUT2D eigenvalue weighted by atomic mass is 9.89. The number of hydrogen-bond acceptors (Lipinski definition) is 6. The molecule has 2 heterocycles. The van der Waals surface area contributed by atoms with Gasteiger partial charge in [0.25, 0.3) is 0 Å². The first-order valence-corrected chi connectivity index (χ1v) is 18.4. The quantitative estimate of drug-likeness (QED) is 0.172. The lowest BCUT2D eigenvalue weighted by Gasteiger charge is -2.29. The first-order chi connectivity index (χ1) is 19.1. The predicted octanol–water partition coefficient (Wildman–Crippen LogP) is 6.28. The van der Waals surface area contributed by atoms with Gasteiger partial charge < -0.3 is 20.1 Å². The second kappa shape index (κ2) is 12.2. The molecule has 9 nitrogen and oxygen atoms in total. The Bertz CT molecular complexity index is 1250. The molecule has 2 aliphatic carbocycles. The number of alkyl carbamates (subject to hydrolysis) is 1. The van der Waals surface area contributed by atoms with Crippen molar-refractivity contribution in [3.63, 3.8) is 0 Å². The molecule has 226 valence electrons. The maximum atomic E-state index is 15.4. The second-order valence-corrected chi connectivity index (χ2v) is 19.4. The van der Waals surface area contributed by atoms with Crippen LogP contribution in [0.1, 0.15) is 57.8 Å². The van der Waals surface area contributed by atoms with Gasteiger partial charge in [-0.15, -0.1) is 0 Å². The minimum atomic E-state index is -1.20. The van der Waals surface area contributed by atoms with E-state index in [1.54, 1.807) is 37.6 Å².